The zero-order valence-electron chi connectivity index (χ0n) is 15.6. The minimum Gasteiger partial charge on any atom is -0.480 e. The van der Waals surface area contributed by atoms with Crippen LogP contribution >= 0.6 is 35.0 Å². The standard InChI is InChI=1S/C16H19Cl2N5O5S2/c1-28-15-14(23-30(26,27)11-4-2-3-9(17)13(11)18)21-7-12(22-15)29-8-10(16(24)25)20-6-5-19/h2-4,7,10,20H,5-6,8,19H2,1H3,(H,21,23)(H,24,25)/t10-/m0/s1. The SMILES string of the molecule is COc1nc(SC[C@H](NCCN)C(=O)O)cnc1NS(=O)(=O)c1cccc(Cl)c1Cl. The van der Waals surface area contributed by atoms with E-state index >= 15 is 0 Å². The Morgan fingerprint density at radius 2 is 2.13 bits per heavy atom. The first-order valence-electron chi connectivity index (χ1n) is 8.36. The van der Waals surface area contributed by atoms with Crippen molar-refractivity contribution in [2.75, 3.05) is 30.7 Å². The number of rotatable bonds is 11. The van der Waals surface area contributed by atoms with E-state index in [-0.39, 0.29) is 32.4 Å². The van der Waals surface area contributed by atoms with Crippen LogP contribution in [0.2, 0.25) is 10.0 Å². The van der Waals surface area contributed by atoms with Crippen LogP contribution in [0.5, 0.6) is 5.88 Å². The molecule has 10 nitrogen and oxygen atoms in total. The number of carboxylic acids is 1. The summed E-state index contributed by atoms with van der Waals surface area (Å²) in [7, 11) is -2.82. The van der Waals surface area contributed by atoms with Crippen molar-refractivity contribution in [1.82, 2.24) is 15.3 Å². The molecule has 0 unspecified atom stereocenters. The van der Waals surface area contributed by atoms with Crippen LogP contribution in [0, 0.1) is 0 Å². The lowest BCUT2D eigenvalue weighted by Gasteiger charge is -2.14. The number of nitrogens with zero attached hydrogens (tertiary/aromatic N) is 2. The van der Waals surface area contributed by atoms with E-state index < -0.39 is 22.0 Å². The molecule has 1 atom stereocenters. The number of anilines is 1. The molecule has 0 saturated carbocycles. The predicted octanol–water partition coefficient (Wildman–Crippen LogP) is 1.69. The van der Waals surface area contributed by atoms with E-state index in [4.69, 9.17) is 33.7 Å². The van der Waals surface area contributed by atoms with Gasteiger partial charge in [0.25, 0.3) is 15.9 Å². The lowest BCUT2D eigenvalue weighted by atomic mass is 10.3. The number of carboxylic acid groups (broad SMARTS) is 1. The largest absolute Gasteiger partial charge is 0.480 e. The zero-order chi connectivity index (χ0) is 22.3. The predicted molar refractivity (Wildman–Crippen MR) is 115 cm³/mol. The minimum absolute atomic E-state index is 0.0839. The number of hydrogen-bond acceptors (Lipinski definition) is 9. The lowest BCUT2D eigenvalue weighted by molar-refractivity contribution is -0.138. The van der Waals surface area contributed by atoms with E-state index in [2.05, 4.69) is 20.0 Å². The minimum atomic E-state index is -4.11. The Morgan fingerprint density at radius 3 is 2.77 bits per heavy atom. The van der Waals surface area contributed by atoms with Gasteiger partial charge in [0, 0.05) is 18.8 Å². The monoisotopic (exact) mass is 495 g/mol. The molecule has 1 aromatic carbocycles. The third-order valence-electron chi connectivity index (χ3n) is 3.58. The molecule has 0 spiro atoms. The quantitative estimate of drug-likeness (QED) is 0.338. The number of thioether (sulfide) groups is 1. The van der Waals surface area contributed by atoms with Crippen molar-refractivity contribution in [2.24, 2.45) is 5.73 Å². The van der Waals surface area contributed by atoms with Crippen molar-refractivity contribution in [2.45, 2.75) is 16.0 Å². The van der Waals surface area contributed by atoms with Crippen LogP contribution in [0.25, 0.3) is 0 Å². The van der Waals surface area contributed by atoms with E-state index in [1.54, 1.807) is 0 Å². The Hall–Kier alpha value is -1.83. The fraction of sp³-hybridized carbons (Fsp3) is 0.312. The van der Waals surface area contributed by atoms with Crippen LogP contribution in [0.3, 0.4) is 0 Å². The van der Waals surface area contributed by atoms with E-state index in [1.165, 1.54) is 31.5 Å². The van der Waals surface area contributed by atoms with Gasteiger partial charge in [0.2, 0.25) is 5.82 Å². The van der Waals surface area contributed by atoms with Gasteiger partial charge in [-0.05, 0) is 12.1 Å². The number of halogens is 2. The van der Waals surface area contributed by atoms with Gasteiger partial charge >= 0.3 is 5.97 Å². The highest BCUT2D eigenvalue weighted by atomic mass is 35.5. The van der Waals surface area contributed by atoms with Gasteiger partial charge in [-0.15, -0.1) is 11.8 Å². The van der Waals surface area contributed by atoms with Crippen molar-refractivity contribution < 1.29 is 23.1 Å². The van der Waals surface area contributed by atoms with E-state index in [9.17, 15) is 18.3 Å². The smallest absolute Gasteiger partial charge is 0.321 e. The average Bonchev–Trinajstić information content (AvgIpc) is 2.70. The Kier molecular flexibility index (Phi) is 8.94. The van der Waals surface area contributed by atoms with Gasteiger partial charge in [-0.25, -0.2) is 18.4 Å². The molecule has 0 radical (unpaired) electrons. The van der Waals surface area contributed by atoms with Gasteiger partial charge in [0.15, 0.2) is 0 Å². The van der Waals surface area contributed by atoms with E-state index in [0.717, 1.165) is 11.8 Å². The highest BCUT2D eigenvalue weighted by molar-refractivity contribution is 7.99. The summed E-state index contributed by atoms with van der Waals surface area (Å²) in [6.07, 6.45) is 1.30. The van der Waals surface area contributed by atoms with Crippen molar-refractivity contribution in [3.05, 3.63) is 34.4 Å². The highest BCUT2D eigenvalue weighted by Gasteiger charge is 2.23. The van der Waals surface area contributed by atoms with Crippen LogP contribution < -0.4 is 20.5 Å². The molecule has 0 bridgehead atoms. The molecule has 164 valence electrons. The van der Waals surface area contributed by atoms with Gasteiger partial charge in [-0.2, -0.15) is 0 Å². The molecule has 14 heteroatoms. The summed E-state index contributed by atoms with van der Waals surface area (Å²) in [5.41, 5.74) is 5.38. The van der Waals surface area contributed by atoms with Crippen LogP contribution in [-0.4, -0.2) is 61.5 Å². The first kappa shape index (κ1) is 24.4. The second-order valence-corrected chi connectivity index (χ2v) is 9.14. The van der Waals surface area contributed by atoms with Crippen molar-refractivity contribution in [3.8, 4) is 5.88 Å². The molecule has 5 N–H and O–H groups in total. The van der Waals surface area contributed by atoms with Gasteiger partial charge < -0.3 is 20.9 Å². The average molecular weight is 496 g/mol. The highest BCUT2D eigenvalue weighted by Crippen LogP contribution is 2.31. The topological polar surface area (TPSA) is 157 Å². The maximum absolute atomic E-state index is 12.7. The summed E-state index contributed by atoms with van der Waals surface area (Å²) in [6.45, 7) is 0.646. The Morgan fingerprint density at radius 1 is 1.40 bits per heavy atom. The molecule has 2 rings (SSSR count). The van der Waals surface area contributed by atoms with Crippen LogP contribution in [0.15, 0.2) is 34.3 Å². The van der Waals surface area contributed by atoms with Gasteiger partial charge in [-0.3, -0.25) is 9.52 Å². The number of carbonyl (C=O) groups is 1. The molecule has 0 aliphatic rings. The molecule has 0 aliphatic heterocycles. The number of methoxy groups -OCH3 is 1. The second kappa shape index (κ2) is 11.0. The molecular formula is C16H19Cl2N5O5S2. The molecule has 1 heterocycles. The number of sulfonamides is 1. The van der Waals surface area contributed by atoms with Crippen molar-refractivity contribution >= 4 is 56.8 Å². The summed E-state index contributed by atoms with van der Waals surface area (Å²) in [4.78, 5) is 19.2. The fourth-order valence-corrected chi connectivity index (χ4v) is 4.80. The Bertz CT molecular complexity index is 1010. The summed E-state index contributed by atoms with van der Waals surface area (Å²) in [6, 6.07) is 3.36. The number of benzene rings is 1. The third-order valence-corrected chi connectivity index (χ3v) is 6.88. The summed E-state index contributed by atoms with van der Waals surface area (Å²) < 4.78 is 32.7. The van der Waals surface area contributed by atoms with Crippen molar-refractivity contribution in [1.29, 1.82) is 0 Å². The molecular weight excluding hydrogens is 477 g/mol. The summed E-state index contributed by atoms with van der Waals surface area (Å²) >= 11 is 13.0. The normalized spacial score (nSPS) is 12.4. The molecule has 0 aliphatic carbocycles. The van der Waals surface area contributed by atoms with E-state index in [1.807, 2.05) is 0 Å². The number of nitrogens with one attached hydrogen (secondary N) is 2. The third kappa shape index (κ3) is 6.33. The maximum Gasteiger partial charge on any atom is 0.321 e. The first-order chi connectivity index (χ1) is 14.2. The lowest BCUT2D eigenvalue weighted by Crippen LogP contribution is -2.41. The zero-order valence-corrected chi connectivity index (χ0v) is 18.8. The Balaban J connectivity index is 2.19. The molecule has 1 aromatic heterocycles. The molecule has 0 amide bonds. The summed E-state index contributed by atoms with van der Waals surface area (Å²) in [5.74, 6) is -1.13. The first-order valence-corrected chi connectivity index (χ1v) is 11.6. The van der Waals surface area contributed by atoms with Crippen molar-refractivity contribution in [3.63, 3.8) is 0 Å². The number of nitrogens with two attached hydrogens (primary N) is 1. The second-order valence-electron chi connectivity index (χ2n) is 5.67. The van der Waals surface area contributed by atoms with Crippen LogP contribution in [-0.2, 0) is 14.8 Å². The van der Waals surface area contributed by atoms with Crippen LogP contribution in [0.1, 0.15) is 0 Å². The summed E-state index contributed by atoms with van der Waals surface area (Å²) in [5, 5.41) is 12.3. The van der Waals surface area contributed by atoms with Gasteiger partial charge in [0.1, 0.15) is 16.0 Å². The number of aromatic nitrogens is 2. The Labute approximate surface area is 187 Å². The number of hydrogen-bond donors (Lipinski definition) is 4. The maximum atomic E-state index is 12.7. The fourth-order valence-electron chi connectivity index (χ4n) is 2.16. The number of ether oxygens (including phenoxy) is 1. The molecule has 30 heavy (non-hydrogen) atoms. The van der Waals surface area contributed by atoms with Crippen LogP contribution in [0.4, 0.5) is 5.82 Å². The number of aliphatic carboxylic acids is 1. The van der Waals surface area contributed by atoms with Gasteiger partial charge in [-0.1, -0.05) is 29.3 Å². The molecule has 0 fully saturated rings. The molecule has 0 saturated heterocycles. The van der Waals surface area contributed by atoms with Gasteiger partial charge in [0.05, 0.1) is 23.4 Å². The molecule has 2 aromatic rings. The van der Waals surface area contributed by atoms with E-state index in [0.29, 0.717) is 18.1 Å².